The molecule has 0 aliphatic rings. The van der Waals surface area contributed by atoms with E-state index in [-0.39, 0.29) is 11.6 Å². The number of anilines is 1. The van der Waals surface area contributed by atoms with Crippen molar-refractivity contribution in [3.8, 4) is 0 Å². The Bertz CT molecular complexity index is 792. The zero-order chi connectivity index (χ0) is 15.6. The summed E-state index contributed by atoms with van der Waals surface area (Å²) >= 11 is 0. The van der Waals surface area contributed by atoms with Crippen LogP contribution in [0.2, 0.25) is 0 Å². The van der Waals surface area contributed by atoms with Crippen LogP contribution in [-0.2, 0) is 16.9 Å². The number of hydrogen-bond donors (Lipinski definition) is 1. The first kappa shape index (κ1) is 15.3. The Morgan fingerprint density at radius 3 is 2.24 bits per heavy atom. The Kier molecular flexibility index (Phi) is 4.18. The molecule has 6 heteroatoms. The lowest BCUT2D eigenvalue weighted by Crippen LogP contribution is -2.16. The number of nitrogens with zero attached hydrogens (tertiary/aromatic N) is 1. The Morgan fingerprint density at radius 2 is 1.71 bits per heavy atom. The van der Waals surface area contributed by atoms with Crippen LogP contribution in [0.15, 0.2) is 52.3 Å². The van der Waals surface area contributed by atoms with Crippen molar-refractivity contribution in [2.24, 2.45) is 7.05 Å². The molecule has 1 aromatic heterocycles. The molecule has 0 fully saturated rings. The van der Waals surface area contributed by atoms with Crippen molar-refractivity contribution < 1.29 is 8.42 Å². The van der Waals surface area contributed by atoms with E-state index in [1.165, 1.54) is 16.9 Å². The molecule has 112 valence electrons. The fourth-order valence-electron chi connectivity index (χ4n) is 2.02. The molecule has 0 aliphatic heterocycles. The molecule has 1 aromatic carbocycles. The lowest BCUT2D eigenvalue weighted by Gasteiger charge is -2.16. The molecular formula is C15H18N2O3S. The molecule has 0 bridgehead atoms. The van der Waals surface area contributed by atoms with Crippen molar-refractivity contribution in [2.75, 3.05) is 11.6 Å². The molecule has 21 heavy (non-hydrogen) atoms. The smallest absolute Gasteiger partial charge is 0.250 e. The van der Waals surface area contributed by atoms with Gasteiger partial charge >= 0.3 is 0 Å². The van der Waals surface area contributed by atoms with Gasteiger partial charge in [-0.05, 0) is 30.7 Å². The van der Waals surface area contributed by atoms with E-state index in [1.54, 1.807) is 43.6 Å². The van der Waals surface area contributed by atoms with Crippen LogP contribution in [0.3, 0.4) is 0 Å². The molecule has 1 unspecified atom stereocenters. The summed E-state index contributed by atoms with van der Waals surface area (Å²) in [7, 11) is -1.48. The molecule has 2 rings (SSSR count). The molecular weight excluding hydrogens is 288 g/mol. The molecule has 0 radical (unpaired) electrons. The summed E-state index contributed by atoms with van der Waals surface area (Å²) in [6.07, 6.45) is 2.91. The molecule has 1 atom stereocenters. The summed E-state index contributed by atoms with van der Waals surface area (Å²) in [5, 5.41) is 3.28. The molecule has 0 amide bonds. The van der Waals surface area contributed by atoms with Gasteiger partial charge < -0.3 is 9.88 Å². The number of benzene rings is 1. The summed E-state index contributed by atoms with van der Waals surface area (Å²) in [5.41, 5.74) is 1.73. The minimum Gasteiger partial charge on any atom is -0.377 e. The minimum absolute atomic E-state index is 0.00360. The Morgan fingerprint density at radius 1 is 1.10 bits per heavy atom. The average molecular weight is 306 g/mol. The summed E-state index contributed by atoms with van der Waals surface area (Å²) in [6, 6.07) is 10.0. The fourth-order valence-corrected chi connectivity index (χ4v) is 2.65. The molecule has 0 saturated heterocycles. The van der Waals surface area contributed by atoms with Gasteiger partial charge in [-0.1, -0.05) is 12.1 Å². The third-order valence-electron chi connectivity index (χ3n) is 3.28. The van der Waals surface area contributed by atoms with Gasteiger partial charge in [-0.2, -0.15) is 0 Å². The molecule has 5 nitrogen and oxygen atoms in total. The Balaban J connectivity index is 2.18. The van der Waals surface area contributed by atoms with E-state index in [0.29, 0.717) is 4.90 Å². The minimum atomic E-state index is -3.17. The van der Waals surface area contributed by atoms with Crippen LogP contribution in [0.25, 0.3) is 0 Å². The van der Waals surface area contributed by atoms with Crippen molar-refractivity contribution in [1.29, 1.82) is 0 Å². The van der Waals surface area contributed by atoms with Crippen molar-refractivity contribution in [3.63, 3.8) is 0 Å². The average Bonchev–Trinajstić information content (AvgIpc) is 2.42. The SMILES string of the molecule is CC(Nc1ccc(=O)n(C)c1)c1ccc(S(C)(=O)=O)cc1. The summed E-state index contributed by atoms with van der Waals surface area (Å²) < 4.78 is 24.4. The first-order valence-corrected chi connectivity index (χ1v) is 8.40. The van der Waals surface area contributed by atoms with Crippen LogP contribution >= 0.6 is 0 Å². The number of nitrogens with one attached hydrogen (secondary N) is 1. The maximum absolute atomic E-state index is 11.4. The number of aromatic nitrogens is 1. The second-order valence-electron chi connectivity index (χ2n) is 5.07. The Labute approximate surface area is 124 Å². The first-order valence-electron chi connectivity index (χ1n) is 6.50. The molecule has 0 aliphatic carbocycles. The van der Waals surface area contributed by atoms with Crippen molar-refractivity contribution >= 4 is 15.5 Å². The van der Waals surface area contributed by atoms with Crippen molar-refractivity contribution in [3.05, 3.63) is 58.5 Å². The van der Waals surface area contributed by atoms with Crippen LogP contribution in [-0.4, -0.2) is 19.2 Å². The second kappa shape index (κ2) is 5.73. The third kappa shape index (κ3) is 3.72. The Hall–Kier alpha value is -2.08. The highest BCUT2D eigenvalue weighted by molar-refractivity contribution is 7.90. The van der Waals surface area contributed by atoms with E-state index >= 15 is 0 Å². The van der Waals surface area contributed by atoms with Crippen LogP contribution in [0.4, 0.5) is 5.69 Å². The molecule has 2 aromatic rings. The second-order valence-corrected chi connectivity index (χ2v) is 7.09. The number of pyridine rings is 1. The van der Waals surface area contributed by atoms with Gasteiger partial charge in [0, 0.05) is 31.6 Å². The van der Waals surface area contributed by atoms with Crippen molar-refractivity contribution in [2.45, 2.75) is 17.9 Å². The van der Waals surface area contributed by atoms with Gasteiger partial charge in [0.2, 0.25) is 5.56 Å². The van der Waals surface area contributed by atoms with Gasteiger partial charge in [-0.25, -0.2) is 8.42 Å². The molecule has 0 saturated carbocycles. The quantitative estimate of drug-likeness (QED) is 0.937. The van der Waals surface area contributed by atoms with Crippen molar-refractivity contribution in [1.82, 2.24) is 4.57 Å². The van der Waals surface area contributed by atoms with Gasteiger partial charge in [0.25, 0.3) is 0 Å². The van der Waals surface area contributed by atoms with E-state index in [4.69, 9.17) is 0 Å². The lowest BCUT2D eigenvalue weighted by atomic mass is 10.1. The van der Waals surface area contributed by atoms with Crippen LogP contribution < -0.4 is 10.9 Å². The maximum atomic E-state index is 11.4. The molecule has 0 spiro atoms. The van der Waals surface area contributed by atoms with Gasteiger partial charge in [-0.3, -0.25) is 4.79 Å². The topological polar surface area (TPSA) is 68.2 Å². The first-order chi connectivity index (χ1) is 9.77. The number of aryl methyl sites for hydroxylation is 1. The van der Waals surface area contributed by atoms with Crippen LogP contribution in [0.1, 0.15) is 18.5 Å². The van der Waals surface area contributed by atoms with E-state index < -0.39 is 9.84 Å². The molecule has 1 heterocycles. The summed E-state index contributed by atoms with van der Waals surface area (Å²) in [4.78, 5) is 11.6. The lowest BCUT2D eigenvalue weighted by molar-refractivity contribution is 0.602. The van der Waals surface area contributed by atoms with Gasteiger partial charge in [0.05, 0.1) is 10.6 Å². The standard InChI is InChI=1S/C15H18N2O3S/c1-11(16-13-6-9-15(18)17(2)10-13)12-4-7-14(8-5-12)21(3,19)20/h4-11,16H,1-3H3. The molecule has 1 N–H and O–H groups in total. The third-order valence-corrected chi connectivity index (χ3v) is 4.41. The summed E-state index contributed by atoms with van der Waals surface area (Å²) in [6.45, 7) is 1.97. The largest absolute Gasteiger partial charge is 0.377 e. The number of rotatable bonds is 4. The summed E-state index contributed by atoms with van der Waals surface area (Å²) in [5.74, 6) is 0. The van der Waals surface area contributed by atoms with Gasteiger partial charge in [-0.15, -0.1) is 0 Å². The van der Waals surface area contributed by atoms with Gasteiger partial charge in [0.1, 0.15) is 0 Å². The monoisotopic (exact) mass is 306 g/mol. The van der Waals surface area contributed by atoms with Crippen LogP contribution in [0, 0.1) is 0 Å². The predicted octanol–water partition coefficient (Wildman–Crippen LogP) is 1.96. The van der Waals surface area contributed by atoms with E-state index in [2.05, 4.69) is 5.32 Å². The van der Waals surface area contributed by atoms with E-state index in [9.17, 15) is 13.2 Å². The maximum Gasteiger partial charge on any atom is 0.250 e. The number of hydrogen-bond acceptors (Lipinski definition) is 4. The number of sulfone groups is 1. The predicted molar refractivity (Wildman–Crippen MR) is 83.3 cm³/mol. The highest BCUT2D eigenvalue weighted by atomic mass is 32.2. The van der Waals surface area contributed by atoms with E-state index in [0.717, 1.165) is 11.3 Å². The zero-order valence-corrected chi connectivity index (χ0v) is 13.0. The highest BCUT2D eigenvalue weighted by Gasteiger charge is 2.09. The highest BCUT2D eigenvalue weighted by Crippen LogP contribution is 2.20. The van der Waals surface area contributed by atoms with E-state index in [1.807, 2.05) is 6.92 Å². The van der Waals surface area contributed by atoms with Crippen LogP contribution in [0.5, 0.6) is 0 Å². The fraction of sp³-hybridized carbons (Fsp3) is 0.267. The normalized spacial score (nSPS) is 12.9. The zero-order valence-electron chi connectivity index (χ0n) is 12.2. The van der Waals surface area contributed by atoms with Gasteiger partial charge in [0.15, 0.2) is 9.84 Å².